The van der Waals surface area contributed by atoms with Gasteiger partial charge in [0.2, 0.25) is 0 Å². The molecule has 1 aromatic carbocycles. The van der Waals surface area contributed by atoms with Gasteiger partial charge in [-0.05, 0) is 19.1 Å². The summed E-state index contributed by atoms with van der Waals surface area (Å²) in [5.41, 5.74) is 0. The van der Waals surface area contributed by atoms with E-state index in [0.717, 1.165) is 6.92 Å². The molecule has 0 saturated carbocycles. The Hall–Kier alpha value is -1.56. The molecule has 1 rings (SSSR count). The molecule has 0 bridgehead atoms. The van der Waals surface area contributed by atoms with Gasteiger partial charge in [0, 0.05) is 0 Å². The average molecular weight is 258 g/mol. The highest BCUT2D eigenvalue weighted by Crippen LogP contribution is 2.09. The monoisotopic (exact) mass is 258 g/mol. The van der Waals surface area contributed by atoms with Crippen LogP contribution in [0.4, 0.5) is 0 Å². The normalized spacial score (nSPS) is 13.0. The summed E-state index contributed by atoms with van der Waals surface area (Å²) in [7, 11) is -3.65. The second-order valence-corrected chi connectivity index (χ2v) is 5.95. The standard InChI is InChI=1S/C11H14O5S/c1-9(11(12)13)17(14,15)8-7-16-10-5-3-2-4-6-10/h2-6,9H,7-8H2,1H3,(H,12,13). The summed E-state index contributed by atoms with van der Waals surface area (Å²) < 4.78 is 28.2. The maximum absolute atomic E-state index is 11.5. The highest BCUT2D eigenvalue weighted by molar-refractivity contribution is 7.92. The second-order valence-electron chi connectivity index (χ2n) is 3.51. The molecule has 0 aliphatic carbocycles. The molecule has 0 fully saturated rings. The Bertz CT molecular complexity index is 466. The lowest BCUT2D eigenvalue weighted by Crippen LogP contribution is -2.31. The third-order valence-electron chi connectivity index (χ3n) is 2.27. The number of hydrogen-bond donors (Lipinski definition) is 1. The lowest BCUT2D eigenvalue weighted by molar-refractivity contribution is -0.136. The van der Waals surface area contributed by atoms with Crippen LogP contribution in [0.1, 0.15) is 6.92 Å². The minimum atomic E-state index is -3.65. The van der Waals surface area contributed by atoms with E-state index in [0.29, 0.717) is 5.75 Å². The fourth-order valence-corrected chi connectivity index (χ4v) is 2.10. The van der Waals surface area contributed by atoms with E-state index in [1.165, 1.54) is 0 Å². The van der Waals surface area contributed by atoms with Gasteiger partial charge in [-0.25, -0.2) is 8.42 Å². The van der Waals surface area contributed by atoms with Gasteiger partial charge in [-0.3, -0.25) is 4.79 Å². The van der Waals surface area contributed by atoms with Crippen LogP contribution >= 0.6 is 0 Å². The first-order chi connectivity index (χ1) is 7.93. The van der Waals surface area contributed by atoms with Crippen molar-refractivity contribution < 1.29 is 23.1 Å². The summed E-state index contributed by atoms with van der Waals surface area (Å²) >= 11 is 0. The molecule has 17 heavy (non-hydrogen) atoms. The quantitative estimate of drug-likeness (QED) is 0.821. The first-order valence-corrected chi connectivity index (χ1v) is 6.77. The van der Waals surface area contributed by atoms with Gasteiger partial charge in [0.05, 0.1) is 5.75 Å². The van der Waals surface area contributed by atoms with Crippen LogP contribution in [0.15, 0.2) is 30.3 Å². The lowest BCUT2D eigenvalue weighted by Gasteiger charge is -2.09. The zero-order chi connectivity index (χ0) is 12.9. The highest BCUT2D eigenvalue weighted by Gasteiger charge is 2.27. The Morgan fingerprint density at radius 1 is 1.35 bits per heavy atom. The second kappa shape index (κ2) is 5.67. The minimum Gasteiger partial charge on any atom is -0.493 e. The Labute approximate surface area is 100.0 Å². The molecule has 0 aromatic heterocycles. The van der Waals surface area contributed by atoms with Crippen molar-refractivity contribution in [2.24, 2.45) is 0 Å². The SMILES string of the molecule is CC(C(=O)O)S(=O)(=O)CCOc1ccccc1. The van der Waals surface area contributed by atoms with E-state index in [1.807, 2.05) is 6.07 Å². The van der Waals surface area contributed by atoms with Gasteiger partial charge in [0.1, 0.15) is 12.4 Å². The Morgan fingerprint density at radius 3 is 2.47 bits per heavy atom. The Balaban J connectivity index is 2.49. The molecule has 0 amide bonds. The van der Waals surface area contributed by atoms with Gasteiger partial charge in [-0.1, -0.05) is 18.2 Å². The van der Waals surface area contributed by atoms with Crippen LogP contribution in [0.25, 0.3) is 0 Å². The van der Waals surface area contributed by atoms with E-state index >= 15 is 0 Å². The van der Waals surface area contributed by atoms with Crippen LogP contribution in [-0.2, 0) is 14.6 Å². The number of hydrogen-bond acceptors (Lipinski definition) is 4. The Morgan fingerprint density at radius 2 is 1.94 bits per heavy atom. The van der Waals surface area contributed by atoms with Crippen molar-refractivity contribution in [1.29, 1.82) is 0 Å². The zero-order valence-electron chi connectivity index (χ0n) is 9.37. The van der Waals surface area contributed by atoms with Crippen LogP contribution in [0, 0.1) is 0 Å². The first kappa shape index (κ1) is 13.5. The van der Waals surface area contributed by atoms with Crippen molar-refractivity contribution in [2.75, 3.05) is 12.4 Å². The number of ether oxygens (including phenoxy) is 1. The number of benzene rings is 1. The van der Waals surface area contributed by atoms with E-state index in [1.54, 1.807) is 24.3 Å². The lowest BCUT2D eigenvalue weighted by atomic mass is 10.3. The summed E-state index contributed by atoms with van der Waals surface area (Å²) in [6.45, 7) is 1.10. The van der Waals surface area contributed by atoms with Gasteiger partial charge in [-0.15, -0.1) is 0 Å². The van der Waals surface area contributed by atoms with Gasteiger partial charge in [-0.2, -0.15) is 0 Å². The summed E-state index contributed by atoms with van der Waals surface area (Å²) in [6, 6.07) is 8.75. The molecule has 6 heteroatoms. The minimum absolute atomic E-state index is 0.0516. The first-order valence-electron chi connectivity index (χ1n) is 5.05. The summed E-state index contributed by atoms with van der Waals surface area (Å²) in [4.78, 5) is 10.6. The third-order valence-corrected chi connectivity index (χ3v) is 4.28. The Kier molecular flexibility index (Phi) is 4.51. The average Bonchev–Trinajstić information content (AvgIpc) is 2.29. The molecule has 1 unspecified atom stereocenters. The molecule has 1 atom stereocenters. The molecule has 0 aliphatic rings. The number of carboxylic acid groups (broad SMARTS) is 1. The number of carbonyl (C=O) groups is 1. The highest BCUT2D eigenvalue weighted by atomic mass is 32.2. The van der Waals surface area contributed by atoms with Crippen LogP contribution in [0.5, 0.6) is 5.75 Å². The van der Waals surface area contributed by atoms with Crippen molar-refractivity contribution in [3.05, 3.63) is 30.3 Å². The predicted molar refractivity (Wildman–Crippen MR) is 62.8 cm³/mol. The largest absolute Gasteiger partial charge is 0.493 e. The molecular formula is C11H14O5S. The van der Waals surface area contributed by atoms with Gasteiger partial charge < -0.3 is 9.84 Å². The topological polar surface area (TPSA) is 80.7 Å². The smallest absolute Gasteiger partial charge is 0.321 e. The molecular weight excluding hydrogens is 244 g/mol. The van der Waals surface area contributed by atoms with E-state index in [2.05, 4.69) is 0 Å². The van der Waals surface area contributed by atoms with Crippen LogP contribution in [0.3, 0.4) is 0 Å². The fourth-order valence-electron chi connectivity index (χ4n) is 1.12. The molecule has 0 spiro atoms. The van der Waals surface area contributed by atoms with Crippen molar-refractivity contribution in [3.8, 4) is 5.75 Å². The van der Waals surface area contributed by atoms with E-state index < -0.39 is 21.1 Å². The van der Waals surface area contributed by atoms with Crippen LogP contribution < -0.4 is 4.74 Å². The number of para-hydroxylation sites is 1. The van der Waals surface area contributed by atoms with Crippen LogP contribution in [0.2, 0.25) is 0 Å². The fraction of sp³-hybridized carbons (Fsp3) is 0.364. The summed E-state index contributed by atoms with van der Waals surface area (Å²) in [6.07, 6.45) is 0. The van der Waals surface area contributed by atoms with Crippen molar-refractivity contribution in [1.82, 2.24) is 0 Å². The molecule has 94 valence electrons. The molecule has 0 heterocycles. The maximum atomic E-state index is 11.5. The van der Waals surface area contributed by atoms with Gasteiger partial charge >= 0.3 is 5.97 Å². The molecule has 0 radical (unpaired) electrons. The molecule has 0 saturated heterocycles. The van der Waals surface area contributed by atoms with Gasteiger partial charge in [0.15, 0.2) is 15.1 Å². The number of carboxylic acids is 1. The van der Waals surface area contributed by atoms with Crippen molar-refractivity contribution >= 4 is 15.8 Å². The summed E-state index contributed by atoms with van der Waals surface area (Å²) in [5, 5.41) is 7.21. The number of aliphatic carboxylic acids is 1. The van der Waals surface area contributed by atoms with Crippen LogP contribution in [-0.4, -0.2) is 37.1 Å². The summed E-state index contributed by atoms with van der Waals surface area (Å²) in [5.74, 6) is -1.09. The predicted octanol–water partition coefficient (Wildman–Crippen LogP) is 0.953. The molecule has 1 aromatic rings. The number of sulfone groups is 1. The van der Waals surface area contributed by atoms with Crippen molar-refractivity contribution in [3.63, 3.8) is 0 Å². The maximum Gasteiger partial charge on any atom is 0.321 e. The van der Waals surface area contributed by atoms with Crippen molar-refractivity contribution in [2.45, 2.75) is 12.2 Å². The number of rotatable bonds is 6. The van der Waals surface area contributed by atoms with E-state index in [9.17, 15) is 13.2 Å². The molecule has 0 aliphatic heterocycles. The van der Waals surface area contributed by atoms with E-state index in [-0.39, 0.29) is 12.4 Å². The van der Waals surface area contributed by atoms with Gasteiger partial charge in [0.25, 0.3) is 0 Å². The zero-order valence-corrected chi connectivity index (χ0v) is 10.2. The van der Waals surface area contributed by atoms with E-state index in [4.69, 9.17) is 9.84 Å². The molecule has 1 N–H and O–H groups in total. The molecule has 5 nitrogen and oxygen atoms in total. The third kappa shape index (κ3) is 4.07.